The smallest absolute Gasteiger partial charge is 0.117 e. The van der Waals surface area contributed by atoms with E-state index in [0.29, 0.717) is 0 Å². The van der Waals surface area contributed by atoms with Crippen LogP contribution in [0.15, 0.2) is 24.3 Å². The minimum absolute atomic E-state index is 0.0160. The van der Waals surface area contributed by atoms with E-state index in [2.05, 4.69) is 76.5 Å². The number of aryl methyl sites for hydroxylation is 1. The van der Waals surface area contributed by atoms with Gasteiger partial charge in [-0.05, 0) is 40.1 Å². The quantitative estimate of drug-likeness (QED) is 0.843. The maximum Gasteiger partial charge on any atom is 0.117 e. The fourth-order valence-corrected chi connectivity index (χ4v) is 2.54. The molecule has 0 N–H and O–H groups in total. The van der Waals surface area contributed by atoms with Gasteiger partial charge in [-0.25, -0.2) is 4.98 Å². The summed E-state index contributed by atoms with van der Waals surface area (Å²) in [4.78, 5) is 7.14. The van der Waals surface area contributed by atoms with Gasteiger partial charge in [0.25, 0.3) is 0 Å². The Morgan fingerprint density at radius 1 is 1.00 bits per heavy atom. The number of benzene rings is 1. The van der Waals surface area contributed by atoms with Crippen molar-refractivity contribution in [2.45, 2.75) is 52.5 Å². The third-order valence-corrected chi connectivity index (χ3v) is 4.99. The molecule has 1 aromatic carbocycles. The van der Waals surface area contributed by atoms with Gasteiger partial charge in [0.15, 0.2) is 0 Å². The first-order valence-electron chi connectivity index (χ1n) is 7.79. The summed E-state index contributed by atoms with van der Waals surface area (Å²) in [6, 6.07) is 8.32. The van der Waals surface area contributed by atoms with Crippen LogP contribution in [0.3, 0.4) is 0 Å². The molecule has 118 valence electrons. The Kier molecular flexibility index (Phi) is 5.21. The second-order valence-electron chi connectivity index (χ2n) is 6.56. The Morgan fingerprint density at radius 3 is 2.00 bits per heavy atom. The van der Waals surface area contributed by atoms with E-state index < -0.39 is 0 Å². The molecule has 0 saturated heterocycles. The van der Waals surface area contributed by atoms with Crippen molar-refractivity contribution in [3.05, 3.63) is 30.1 Å². The molecule has 0 radical (unpaired) electrons. The fourth-order valence-electron chi connectivity index (χ4n) is 2.54. The second-order valence-corrected chi connectivity index (χ2v) is 6.56. The molecule has 0 aliphatic carbocycles. The van der Waals surface area contributed by atoms with Crippen molar-refractivity contribution in [1.29, 1.82) is 0 Å². The number of hydrogen-bond donors (Lipinski definition) is 0. The highest BCUT2D eigenvalue weighted by Gasteiger charge is 2.43. The zero-order valence-electron chi connectivity index (χ0n) is 15.2. The molecule has 0 amide bonds. The van der Waals surface area contributed by atoms with Gasteiger partial charge in [0, 0.05) is 18.0 Å². The van der Waals surface area contributed by atoms with Crippen LogP contribution in [0.2, 0.25) is 0 Å². The predicted molar refractivity (Wildman–Crippen MR) is 92.9 cm³/mol. The van der Waals surface area contributed by atoms with Crippen molar-refractivity contribution in [3.63, 3.8) is 0 Å². The minimum atomic E-state index is -0.0513. The number of fused-ring (bicyclic) bond motifs is 1. The molecule has 0 spiro atoms. The monoisotopic (exact) mass is 289 g/mol. The average Bonchev–Trinajstić information content (AvgIpc) is 2.79. The highest BCUT2D eigenvalue weighted by molar-refractivity contribution is 5.76. The maximum atomic E-state index is 4.87. The van der Waals surface area contributed by atoms with Crippen LogP contribution in [0.4, 0.5) is 0 Å². The molecule has 3 nitrogen and oxygen atoms in total. The summed E-state index contributed by atoms with van der Waals surface area (Å²) in [7, 11) is 6.37. The van der Waals surface area contributed by atoms with Gasteiger partial charge in [0.2, 0.25) is 0 Å². The summed E-state index contributed by atoms with van der Waals surface area (Å²) in [6.07, 6.45) is 0. The second kappa shape index (κ2) is 6.18. The van der Waals surface area contributed by atoms with Gasteiger partial charge >= 0.3 is 0 Å². The van der Waals surface area contributed by atoms with Gasteiger partial charge in [0.05, 0.1) is 11.0 Å². The first kappa shape index (κ1) is 17.7. The number of hydrogen-bond acceptors (Lipinski definition) is 2. The Balaban J connectivity index is 0.00000106. The molecule has 0 bridgehead atoms. The summed E-state index contributed by atoms with van der Waals surface area (Å²) < 4.78 is 2.22. The number of aromatic nitrogens is 2. The van der Waals surface area contributed by atoms with E-state index in [1.807, 2.05) is 19.9 Å². The normalized spacial score (nSPS) is 12.5. The predicted octanol–water partition coefficient (Wildman–Crippen LogP) is 4.22. The van der Waals surface area contributed by atoms with Crippen molar-refractivity contribution in [2.75, 3.05) is 14.1 Å². The van der Waals surface area contributed by atoms with E-state index in [9.17, 15) is 0 Å². The van der Waals surface area contributed by atoms with Crippen LogP contribution in [-0.2, 0) is 12.5 Å². The number of likely N-dealkylation sites (N-methyl/N-ethyl adjacent to an activating group) is 1. The Morgan fingerprint density at radius 2 is 1.52 bits per heavy atom. The zero-order chi connectivity index (χ0) is 16.4. The number of para-hydroxylation sites is 2. The largest absolute Gasteiger partial charge is 0.331 e. The summed E-state index contributed by atoms with van der Waals surface area (Å²) >= 11 is 0. The van der Waals surface area contributed by atoms with Gasteiger partial charge in [-0.15, -0.1) is 0 Å². The topological polar surface area (TPSA) is 21.1 Å². The molecule has 0 aliphatic rings. The minimum Gasteiger partial charge on any atom is -0.331 e. The van der Waals surface area contributed by atoms with E-state index in [0.717, 1.165) is 11.3 Å². The van der Waals surface area contributed by atoms with Gasteiger partial charge in [-0.2, -0.15) is 0 Å². The van der Waals surface area contributed by atoms with Crippen LogP contribution in [-0.4, -0.2) is 34.1 Å². The SMILES string of the molecule is CC.CN(C)C(C)(C)C(C)(C)c1nc2ccccc2n1C. The molecule has 0 unspecified atom stereocenters. The molecule has 0 fully saturated rings. The standard InChI is InChI=1S/C16H25N3.C2H6/c1-15(2,16(3,4)18(5)6)14-17-12-10-8-9-11-13(12)19(14)7;1-2/h8-11H,1-7H3;1-2H3. The Bertz CT molecular complexity index is 592. The fraction of sp³-hybridized carbons (Fsp3) is 0.611. The first-order chi connectivity index (χ1) is 9.69. The van der Waals surface area contributed by atoms with Gasteiger partial charge in [0.1, 0.15) is 5.82 Å². The van der Waals surface area contributed by atoms with E-state index in [-0.39, 0.29) is 11.0 Å². The molecule has 2 rings (SSSR count). The van der Waals surface area contributed by atoms with Crippen molar-refractivity contribution >= 4 is 11.0 Å². The van der Waals surface area contributed by atoms with Crippen LogP contribution in [0, 0.1) is 0 Å². The lowest BCUT2D eigenvalue weighted by molar-refractivity contribution is 0.0993. The van der Waals surface area contributed by atoms with Crippen LogP contribution in [0.5, 0.6) is 0 Å². The van der Waals surface area contributed by atoms with Crippen molar-refractivity contribution in [1.82, 2.24) is 14.5 Å². The average molecular weight is 289 g/mol. The van der Waals surface area contributed by atoms with Crippen molar-refractivity contribution in [2.24, 2.45) is 7.05 Å². The third kappa shape index (κ3) is 2.84. The van der Waals surface area contributed by atoms with E-state index in [4.69, 9.17) is 4.98 Å². The van der Waals surface area contributed by atoms with E-state index in [1.165, 1.54) is 5.52 Å². The molecule has 0 saturated carbocycles. The number of rotatable bonds is 3. The summed E-state index contributed by atoms with van der Waals surface area (Å²) in [6.45, 7) is 13.1. The highest BCUT2D eigenvalue weighted by Crippen LogP contribution is 2.38. The highest BCUT2D eigenvalue weighted by atomic mass is 15.2. The molecule has 0 aliphatic heterocycles. The van der Waals surface area contributed by atoms with Crippen LogP contribution in [0.25, 0.3) is 11.0 Å². The molecule has 0 atom stereocenters. The zero-order valence-corrected chi connectivity index (χ0v) is 15.2. The van der Waals surface area contributed by atoms with Crippen molar-refractivity contribution < 1.29 is 0 Å². The van der Waals surface area contributed by atoms with Crippen LogP contribution < -0.4 is 0 Å². The molecule has 1 heterocycles. The summed E-state index contributed by atoms with van der Waals surface area (Å²) in [5, 5.41) is 0. The van der Waals surface area contributed by atoms with Crippen LogP contribution >= 0.6 is 0 Å². The lowest BCUT2D eigenvalue weighted by atomic mass is 9.73. The molecule has 1 aromatic heterocycles. The Hall–Kier alpha value is -1.35. The summed E-state index contributed by atoms with van der Waals surface area (Å²) in [5.74, 6) is 1.13. The molecule has 3 heteroatoms. The third-order valence-electron chi connectivity index (χ3n) is 4.99. The van der Waals surface area contributed by atoms with Gasteiger partial charge < -0.3 is 9.47 Å². The molecular formula is C18H31N3. The number of nitrogens with zero attached hydrogens (tertiary/aromatic N) is 3. The first-order valence-corrected chi connectivity index (χ1v) is 7.79. The van der Waals surface area contributed by atoms with Crippen molar-refractivity contribution in [3.8, 4) is 0 Å². The lowest BCUT2D eigenvalue weighted by Gasteiger charge is -2.45. The van der Waals surface area contributed by atoms with E-state index >= 15 is 0 Å². The van der Waals surface area contributed by atoms with Crippen LogP contribution in [0.1, 0.15) is 47.4 Å². The molecule has 2 aromatic rings. The van der Waals surface area contributed by atoms with E-state index in [1.54, 1.807) is 0 Å². The maximum absolute atomic E-state index is 4.87. The molecule has 21 heavy (non-hydrogen) atoms. The number of imidazole rings is 1. The lowest BCUT2D eigenvalue weighted by Crippen LogP contribution is -2.54. The molecular weight excluding hydrogens is 258 g/mol. The van der Waals surface area contributed by atoms with Gasteiger partial charge in [-0.1, -0.05) is 39.8 Å². The van der Waals surface area contributed by atoms with Gasteiger partial charge in [-0.3, -0.25) is 0 Å². The summed E-state index contributed by atoms with van der Waals surface area (Å²) in [5.41, 5.74) is 2.23. The Labute approximate surface area is 130 Å².